The van der Waals surface area contributed by atoms with Crippen molar-refractivity contribution in [3.63, 3.8) is 0 Å². The first kappa shape index (κ1) is 19.4. The van der Waals surface area contributed by atoms with E-state index in [1.165, 1.54) is 28.6 Å². The maximum atomic E-state index is 13.8. The largest absolute Gasteiger partial charge is 0.495 e. The van der Waals surface area contributed by atoms with Crippen molar-refractivity contribution in [2.45, 2.75) is 43.5 Å². The molecule has 0 unspecified atom stereocenters. The van der Waals surface area contributed by atoms with Crippen LogP contribution in [0.15, 0.2) is 44.8 Å². The summed E-state index contributed by atoms with van der Waals surface area (Å²) in [5.41, 5.74) is 2.69. The highest BCUT2D eigenvalue weighted by Crippen LogP contribution is 2.36. The molecule has 4 aromatic rings. The molecule has 3 heterocycles. The Morgan fingerprint density at radius 1 is 1.27 bits per heavy atom. The normalized spacial score (nSPS) is 13.5. The van der Waals surface area contributed by atoms with E-state index in [1.807, 2.05) is 37.3 Å². The first-order valence-corrected chi connectivity index (χ1v) is 11.7. The first-order chi connectivity index (χ1) is 14.7. The minimum Gasteiger partial charge on any atom is -0.495 e. The average Bonchev–Trinajstić information content (AvgIpc) is 3.35. The molecule has 0 radical (unpaired) electrons. The lowest BCUT2D eigenvalue weighted by atomic mass is 9.97. The fourth-order valence-corrected chi connectivity index (χ4v) is 6.12. The van der Waals surface area contributed by atoms with Gasteiger partial charge in [0.2, 0.25) is 0 Å². The Morgan fingerprint density at radius 3 is 2.90 bits per heavy atom. The third-order valence-electron chi connectivity index (χ3n) is 5.31. The number of hydrogen-bond donors (Lipinski definition) is 0. The summed E-state index contributed by atoms with van der Waals surface area (Å²) in [7, 11) is 1.62. The molecule has 0 aliphatic heterocycles. The number of fused-ring (bicyclic) bond motifs is 3. The maximum absolute atomic E-state index is 13.8. The van der Waals surface area contributed by atoms with Crippen molar-refractivity contribution in [2.24, 2.45) is 0 Å². The van der Waals surface area contributed by atoms with Gasteiger partial charge in [0.1, 0.15) is 16.3 Å². The van der Waals surface area contributed by atoms with Gasteiger partial charge in [-0.15, -0.1) is 11.3 Å². The van der Waals surface area contributed by atoms with E-state index in [1.54, 1.807) is 23.0 Å². The summed E-state index contributed by atoms with van der Waals surface area (Å²) in [6.07, 6.45) is 4.27. The highest BCUT2D eigenvalue weighted by molar-refractivity contribution is 7.98. The Kier molecular flexibility index (Phi) is 5.12. The lowest BCUT2D eigenvalue weighted by molar-refractivity contribution is 0.393. The van der Waals surface area contributed by atoms with Crippen LogP contribution in [0.3, 0.4) is 0 Å². The fourth-order valence-electron chi connectivity index (χ4n) is 3.93. The molecule has 1 aromatic carbocycles. The van der Waals surface area contributed by atoms with E-state index in [-0.39, 0.29) is 5.56 Å². The number of para-hydroxylation sites is 2. The molecular formula is C22H21N3O3S2. The Hall–Kier alpha value is -2.58. The molecule has 0 amide bonds. The van der Waals surface area contributed by atoms with Gasteiger partial charge < -0.3 is 9.26 Å². The van der Waals surface area contributed by atoms with Crippen LogP contribution in [0.2, 0.25) is 0 Å². The summed E-state index contributed by atoms with van der Waals surface area (Å²) in [6, 6.07) is 9.48. The standard InChI is InChI=1S/C22H21N3O3S2/c1-13-11-14(24-28-13)12-29-22-23-20-19(15-7-3-6-10-18(15)30-20)21(26)25(22)16-8-4-5-9-17(16)27-2/h4-5,8-9,11H,3,6-7,10,12H2,1-2H3. The maximum Gasteiger partial charge on any atom is 0.267 e. The summed E-state index contributed by atoms with van der Waals surface area (Å²) in [6.45, 7) is 1.87. The van der Waals surface area contributed by atoms with Crippen molar-refractivity contribution in [3.05, 3.63) is 62.6 Å². The second kappa shape index (κ2) is 7.92. The van der Waals surface area contributed by atoms with Crippen molar-refractivity contribution < 1.29 is 9.26 Å². The second-order valence-electron chi connectivity index (χ2n) is 7.32. The lowest BCUT2D eigenvalue weighted by Crippen LogP contribution is -2.22. The van der Waals surface area contributed by atoms with Crippen LogP contribution in [-0.4, -0.2) is 21.8 Å². The summed E-state index contributed by atoms with van der Waals surface area (Å²) < 4.78 is 12.4. The van der Waals surface area contributed by atoms with E-state index in [0.717, 1.165) is 40.9 Å². The van der Waals surface area contributed by atoms with Gasteiger partial charge in [-0.1, -0.05) is 29.1 Å². The van der Waals surface area contributed by atoms with Gasteiger partial charge in [-0.2, -0.15) is 0 Å². The number of hydrogen-bond acceptors (Lipinski definition) is 7. The zero-order valence-electron chi connectivity index (χ0n) is 16.8. The van der Waals surface area contributed by atoms with E-state index in [9.17, 15) is 4.79 Å². The molecule has 0 saturated heterocycles. The van der Waals surface area contributed by atoms with Gasteiger partial charge in [-0.25, -0.2) is 4.98 Å². The number of ether oxygens (including phenoxy) is 1. The molecule has 0 spiro atoms. The number of benzene rings is 1. The van der Waals surface area contributed by atoms with Crippen LogP contribution < -0.4 is 10.3 Å². The topological polar surface area (TPSA) is 70.2 Å². The highest BCUT2D eigenvalue weighted by atomic mass is 32.2. The minimum absolute atomic E-state index is 0.0252. The van der Waals surface area contributed by atoms with Crippen molar-refractivity contribution in [1.29, 1.82) is 0 Å². The Labute approximate surface area is 181 Å². The van der Waals surface area contributed by atoms with Gasteiger partial charge >= 0.3 is 0 Å². The molecule has 0 fully saturated rings. The number of aromatic nitrogens is 3. The molecule has 6 nitrogen and oxygen atoms in total. The van der Waals surface area contributed by atoms with Crippen LogP contribution in [0.5, 0.6) is 5.75 Å². The molecule has 0 N–H and O–H groups in total. The van der Waals surface area contributed by atoms with E-state index >= 15 is 0 Å². The number of thioether (sulfide) groups is 1. The Balaban J connectivity index is 1.71. The van der Waals surface area contributed by atoms with Crippen LogP contribution in [0.4, 0.5) is 0 Å². The SMILES string of the molecule is COc1ccccc1-n1c(SCc2cc(C)on2)nc2sc3c(c2c1=O)CCCC3. The molecule has 1 aliphatic carbocycles. The summed E-state index contributed by atoms with van der Waals surface area (Å²) >= 11 is 3.15. The van der Waals surface area contributed by atoms with Crippen LogP contribution in [0.25, 0.3) is 15.9 Å². The van der Waals surface area contributed by atoms with E-state index < -0.39 is 0 Å². The molecule has 0 bridgehead atoms. The van der Waals surface area contributed by atoms with Gasteiger partial charge in [-0.05, 0) is 50.3 Å². The van der Waals surface area contributed by atoms with Gasteiger partial charge in [0.15, 0.2) is 5.16 Å². The molecule has 0 atom stereocenters. The van der Waals surface area contributed by atoms with E-state index in [4.69, 9.17) is 14.2 Å². The van der Waals surface area contributed by atoms with Crippen LogP contribution in [-0.2, 0) is 18.6 Å². The molecule has 154 valence electrons. The third-order valence-corrected chi connectivity index (χ3v) is 7.47. The molecule has 1 aliphatic rings. The average molecular weight is 440 g/mol. The minimum atomic E-state index is -0.0252. The molecule has 8 heteroatoms. The molecule has 3 aromatic heterocycles. The van der Waals surface area contributed by atoms with Gasteiger partial charge in [0, 0.05) is 16.7 Å². The fraction of sp³-hybridized carbons (Fsp3) is 0.318. The summed E-state index contributed by atoms with van der Waals surface area (Å²) in [5.74, 6) is 1.97. The Bertz CT molecular complexity index is 1290. The third kappa shape index (κ3) is 3.33. The van der Waals surface area contributed by atoms with Crippen molar-refractivity contribution in [2.75, 3.05) is 7.11 Å². The van der Waals surface area contributed by atoms with Crippen molar-refractivity contribution in [1.82, 2.24) is 14.7 Å². The number of rotatable bonds is 5. The van der Waals surface area contributed by atoms with Crippen molar-refractivity contribution in [3.8, 4) is 11.4 Å². The van der Waals surface area contributed by atoms with E-state index in [2.05, 4.69) is 5.16 Å². The predicted octanol–water partition coefficient (Wildman–Crippen LogP) is 4.92. The van der Waals surface area contributed by atoms with Gasteiger partial charge in [0.25, 0.3) is 5.56 Å². The Morgan fingerprint density at radius 2 is 2.10 bits per heavy atom. The van der Waals surface area contributed by atoms with Gasteiger partial charge in [0.05, 0.1) is 23.9 Å². The zero-order valence-corrected chi connectivity index (χ0v) is 18.4. The zero-order chi connectivity index (χ0) is 20.7. The number of methoxy groups -OCH3 is 1. The quantitative estimate of drug-likeness (QED) is 0.325. The number of nitrogens with zero attached hydrogens (tertiary/aromatic N) is 3. The van der Waals surface area contributed by atoms with Crippen LogP contribution in [0.1, 0.15) is 34.7 Å². The molecule has 30 heavy (non-hydrogen) atoms. The highest BCUT2D eigenvalue weighted by Gasteiger charge is 2.24. The van der Waals surface area contributed by atoms with Crippen LogP contribution in [0, 0.1) is 6.92 Å². The first-order valence-electron chi connectivity index (χ1n) is 9.91. The summed E-state index contributed by atoms with van der Waals surface area (Å²) in [4.78, 5) is 20.9. The molecule has 0 saturated carbocycles. The number of aryl methyl sites for hydroxylation is 3. The van der Waals surface area contributed by atoms with Gasteiger partial charge in [-0.3, -0.25) is 9.36 Å². The molecular weight excluding hydrogens is 418 g/mol. The second-order valence-corrected chi connectivity index (χ2v) is 9.34. The van der Waals surface area contributed by atoms with E-state index in [0.29, 0.717) is 22.3 Å². The molecule has 5 rings (SSSR count). The lowest BCUT2D eigenvalue weighted by Gasteiger charge is -2.15. The van der Waals surface area contributed by atoms with Crippen molar-refractivity contribution >= 4 is 33.3 Å². The monoisotopic (exact) mass is 439 g/mol. The number of thiophene rings is 1. The van der Waals surface area contributed by atoms with Crippen LogP contribution >= 0.6 is 23.1 Å². The predicted molar refractivity (Wildman–Crippen MR) is 119 cm³/mol. The summed E-state index contributed by atoms with van der Waals surface area (Å²) in [5, 5.41) is 5.47. The smallest absolute Gasteiger partial charge is 0.267 e.